The van der Waals surface area contributed by atoms with E-state index in [1.165, 1.54) is 22.7 Å². The van der Waals surface area contributed by atoms with E-state index in [2.05, 4.69) is 9.97 Å². The summed E-state index contributed by atoms with van der Waals surface area (Å²) in [5.41, 5.74) is 2.54. The molecule has 1 aromatic heterocycles. The summed E-state index contributed by atoms with van der Waals surface area (Å²) < 4.78 is 24.9. The maximum absolute atomic E-state index is 11.7. The Bertz CT molecular complexity index is 910. The van der Waals surface area contributed by atoms with E-state index in [4.69, 9.17) is 5.11 Å². The van der Waals surface area contributed by atoms with Crippen LogP contribution in [-0.2, 0) is 10.0 Å². The lowest BCUT2D eigenvalue weighted by Crippen LogP contribution is -2.27. The highest BCUT2D eigenvalue weighted by Gasteiger charge is 2.30. The van der Waals surface area contributed by atoms with Crippen LogP contribution in [0.25, 0.3) is 11.3 Å². The van der Waals surface area contributed by atoms with Crippen LogP contribution in [0.2, 0.25) is 0 Å². The van der Waals surface area contributed by atoms with Gasteiger partial charge in [0.15, 0.2) is 0 Å². The highest BCUT2D eigenvalue weighted by atomic mass is 32.2. The molecule has 2 heterocycles. The first-order valence-corrected chi connectivity index (χ1v) is 9.73. The normalized spacial score (nSPS) is 18.4. The van der Waals surface area contributed by atoms with E-state index in [9.17, 15) is 13.2 Å². The van der Waals surface area contributed by atoms with Crippen LogP contribution in [0.4, 0.5) is 0 Å². The minimum Gasteiger partial charge on any atom is -0.478 e. The molecular weight excluding hydrogens is 342 g/mol. The van der Waals surface area contributed by atoms with E-state index in [0.29, 0.717) is 24.6 Å². The van der Waals surface area contributed by atoms with Crippen molar-refractivity contribution < 1.29 is 18.3 Å². The first-order valence-electron chi connectivity index (χ1n) is 7.88. The Morgan fingerprint density at radius 2 is 1.92 bits per heavy atom. The third-order valence-electron chi connectivity index (χ3n) is 4.32. The Hall–Kier alpha value is -2.32. The molecule has 1 aliphatic heterocycles. The average molecular weight is 361 g/mol. The number of aromatic nitrogens is 2. The number of carboxylic acid groups (broad SMARTS) is 1. The summed E-state index contributed by atoms with van der Waals surface area (Å²) in [6, 6.07) is 8.36. The predicted octanol–water partition coefficient (Wildman–Crippen LogP) is 1.90. The SMILES string of the molecule is Cc1nc(-c2ccc(C(=O)O)cc2)cc([C@@H]2CCN(S(C)(=O)=O)C2)n1. The number of aryl methyl sites for hydroxylation is 1. The van der Waals surface area contributed by atoms with Crippen molar-refractivity contribution in [1.82, 2.24) is 14.3 Å². The third kappa shape index (κ3) is 3.85. The lowest BCUT2D eigenvalue weighted by molar-refractivity contribution is 0.0697. The second kappa shape index (κ2) is 6.53. The molecule has 1 atom stereocenters. The maximum Gasteiger partial charge on any atom is 0.335 e. The number of sulfonamides is 1. The second-order valence-electron chi connectivity index (χ2n) is 6.21. The van der Waals surface area contributed by atoms with E-state index < -0.39 is 16.0 Å². The number of hydrogen-bond donors (Lipinski definition) is 1. The standard InChI is InChI=1S/C17H19N3O4S/c1-11-18-15(12-3-5-13(6-4-12)17(21)22)9-16(19-11)14-7-8-20(10-14)25(2,23)24/h3-6,9,14H,7-8,10H2,1-2H3,(H,21,22)/t14-/m1/s1. The molecule has 0 unspecified atom stereocenters. The molecule has 1 aliphatic rings. The van der Waals surface area contributed by atoms with Crippen LogP contribution < -0.4 is 0 Å². The Labute approximate surface area is 146 Å². The van der Waals surface area contributed by atoms with E-state index in [0.717, 1.165) is 17.7 Å². The molecule has 0 saturated carbocycles. The Morgan fingerprint density at radius 3 is 2.48 bits per heavy atom. The highest BCUT2D eigenvalue weighted by molar-refractivity contribution is 7.88. The van der Waals surface area contributed by atoms with Gasteiger partial charge in [0.25, 0.3) is 0 Å². The first-order chi connectivity index (χ1) is 11.7. The van der Waals surface area contributed by atoms with Gasteiger partial charge in [-0.2, -0.15) is 0 Å². The number of rotatable bonds is 4. The summed E-state index contributed by atoms with van der Waals surface area (Å²) in [5.74, 6) is -0.334. The molecular formula is C17H19N3O4S. The number of nitrogens with zero attached hydrogens (tertiary/aromatic N) is 3. The smallest absolute Gasteiger partial charge is 0.335 e. The third-order valence-corrected chi connectivity index (χ3v) is 5.59. The number of benzene rings is 1. The predicted molar refractivity (Wildman–Crippen MR) is 92.9 cm³/mol. The van der Waals surface area contributed by atoms with E-state index in [1.807, 2.05) is 6.07 Å². The van der Waals surface area contributed by atoms with Crippen LogP contribution in [0.3, 0.4) is 0 Å². The minimum absolute atomic E-state index is 0.0356. The minimum atomic E-state index is -3.19. The molecule has 132 valence electrons. The van der Waals surface area contributed by atoms with E-state index in [-0.39, 0.29) is 11.5 Å². The van der Waals surface area contributed by atoms with Gasteiger partial charge in [0.1, 0.15) is 5.82 Å². The van der Waals surface area contributed by atoms with Crippen LogP contribution in [0.5, 0.6) is 0 Å². The summed E-state index contributed by atoms with van der Waals surface area (Å²) >= 11 is 0. The zero-order valence-corrected chi connectivity index (χ0v) is 14.8. The van der Waals surface area contributed by atoms with E-state index in [1.54, 1.807) is 19.1 Å². The molecule has 7 nitrogen and oxygen atoms in total. The van der Waals surface area contributed by atoms with Crippen molar-refractivity contribution in [2.24, 2.45) is 0 Å². The molecule has 0 spiro atoms. The molecule has 0 radical (unpaired) electrons. The van der Waals surface area contributed by atoms with Crippen molar-refractivity contribution in [2.75, 3.05) is 19.3 Å². The summed E-state index contributed by atoms with van der Waals surface area (Å²) in [5, 5.41) is 8.99. The van der Waals surface area contributed by atoms with Gasteiger partial charge in [0.2, 0.25) is 10.0 Å². The highest BCUT2D eigenvalue weighted by Crippen LogP contribution is 2.29. The van der Waals surface area contributed by atoms with Crippen LogP contribution in [0, 0.1) is 6.92 Å². The van der Waals surface area contributed by atoms with Gasteiger partial charge in [-0.3, -0.25) is 0 Å². The number of carboxylic acids is 1. The van der Waals surface area contributed by atoms with Gasteiger partial charge in [-0.05, 0) is 31.5 Å². The first kappa shape index (κ1) is 17.5. The lowest BCUT2D eigenvalue weighted by atomic mass is 10.0. The van der Waals surface area contributed by atoms with Gasteiger partial charge < -0.3 is 5.11 Å². The van der Waals surface area contributed by atoms with Gasteiger partial charge in [-0.1, -0.05) is 12.1 Å². The average Bonchev–Trinajstić information content (AvgIpc) is 3.04. The summed E-state index contributed by atoms with van der Waals surface area (Å²) in [7, 11) is -3.19. The summed E-state index contributed by atoms with van der Waals surface area (Å²) in [4.78, 5) is 19.9. The molecule has 2 aromatic rings. The number of hydrogen-bond acceptors (Lipinski definition) is 5. The molecule has 3 rings (SSSR count). The van der Waals surface area contributed by atoms with Crippen molar-refractivity contribution >= 4 is 16.0 Å². The Balaban J connectivity index is 1.90. The molecule has 25 heavy (non-hydrogen) atoms. The largest absolute Gasteiger partial charge is 0.478 e. The summed E-state index contributed by atoms with van der Waals surface area (Å²) in [6.07, 6.45) is 1.94. The topological polar surface area (TPSA) is 100 Å². The van der Waals surface area contributed by atoms with Gasteiger partial charge >= 0.3 is 5.97 Å². The monoisotopic (exact) mass is 361 g/mol. The molecule has 0 bridgehead atoms. The van der Waals surface area contributed by atoms with Crippen molar-refractivity contribution in [1.29, 1.82) is 0 Å². The molecule has 0 amide bonds. The Kier molecular flexibility index (Phi) is 4.57. The van der Waals surface area contributed by atoms with Crippen LogP contribution in [-0.4, -0.2) is 53.1 Å². The van der Waals surface area contributed by atoms with Crippen molar-refractivity contribution in [3.63, 3.8) is 0 Å². The zero-order chi connectivity index (χ0) is 18.2. The number of carbonyl (C=O) groups is 1. The molecule has 1 fully saturated rings. The molecule has 8 heteroatoms. The fourth-order valence-electron chi connectivity index (χ4n) is 3.00. The molecule has 0 aliphatic carbocycles. The van der Waals surface area contributed by atoms with Crippen LogP contribution in [0.1, 0.15) is 34.2 Å². The van der Waals surface area contributed by atoms with Gasteiger partial charge in [0, 0.05) is 30.3 Å². The van der Waals surface area contributed by atoms with Crippen molar-refractivity contribution in [3.8, 4) is 11.3 Å². The molecule has 1 N–H and O–H groups in total. The Morgan fingerprint density at radius 1 is 1.24 bits per heavy atom. The number of aromatic carboxylic acids is 1. The fourth-order valence-corrected chi connectivity index (χ4v) is 3.89. The lowest BCUT2D eigenvalue weighted by Gasteiger charge is -2.14. The maximum atomic E-state index is 11.7. The van der Waals surface area contributed by atoms with Crippen LogP contribution in [0.15, 0.2) is 30.3 Å². The second-order valence-corrected chi connectivity index (χ2v) is 8.20. The molecule has 1 saturated heterocycles. The van der Waals surface area contributed by atoms with E-state index >= 15 is 0 Å². The van der Waals surface area contributed by atoms with Gasteiger partial charge in [0.05, 0.1) is 17.5 Å². The zero-order valence-electron chi connectivity index (χ0n) is 14.0. The quantitative estimate of drug-likeness (QED) is 0.893. The van der Waals surface area contributed by atoms with Crippen molar-refractivity contribution in [2.45, 2.75) is 19.3 Å². The van der Waals surface area contributed by atoms with Crippen LogP contribution >= 0.6 is 0 Å². The fraction of sp³-hybridized carbons (Fsp3) is 0.353. The van der Waals surface area contributed by atoms with Gasteiger partial charge in [-0.15, -0.1) is 0 Å². The van der Waals surface area contributed by atoms with Gasteiger partial charge in [-0.25, -0.2) is 27.5 Å². The van der Waals surface area contributed by atoms with Crippen molar-refractivity contribution in [3.05, 3.63) is 47.4 Å². The molecule has 1 aromatic carbocycles. The summed E-state index contributed by atoms with van der Waals surface area (Å²) in [6.45, 7) is 2.71.